The third-order valence-corrected chi connectivity index (χ3v) is 11.9. The molecule has 3 aromatic heterocycles. The first-order chi connectivity index (χ1) is 22.3. The molecule has 1 unspecified atom stereocenters. The molecule has 0 saturated heterocycles. The molecule has 3 aliphatic rings. The minimum atomic E-state index is -0.438. The van der Waals surface area contributed by atoms with Gasteiger partial charge in [0.2, 0.25) is 0 Å². The van der Waals surface area contributed by atoms with Crippen LogP contribution in [0.5, 0.6) is 0 Å². The van der Waals surface area contributed by atoms with E-state index in [4.69, 9.17) is 0 Å². The van der Waals surface area contributed by atoms with Gasteiger partial charge in [-0.15, -0.1) is 11.3 Å². The van der Waals surface area contributed by atoms with E-state index in [0.29, 0.717) is 5.92 Å². The second-order valence-electron chi connectivity index (χ2n) is 12.7. The molecular formula is C42H25NOS. The van der Waals surface area contributed by atoms with Crippen LogP contribution < -0.4 is 5.56 Å². The molecule has 0 amide bonds. The Balaban J connectivity index is 1.33. The maximum atomic E-state index is 14.8. The van der Waals surface area contributed by atoms with Crippen LogP contribution in [0.1, 0.15) is 39.5 Å². The van der Waals surface area contributed by atoms with Crippen molar-refractivity contribution in [1.29, 1.82) is 0 Å². The summed E-state index contributed by atoms with van der Waals surface area (Å²) in [5.41, 5.74) is 11.9. The van der Waals surface area contributed by atoms with Gasteiger partial charge in [-0.25, -0.2) is 0 Å². The maximum absolute atomic E-state index is 14.8. The molecule has 45 heavy (non-hydrogen) atoms. The Morgan fingerprint density at radius 1 is 0.622 bits per heavy atom. The van der Waals surface area contributed by atoms with Crippen LogP contribution in [-0.4, -0.2) is 4.40 Å². The number of rotatable bonds is 1. The van der Waals surface area contributed by atoms with E-state index in [0.717, 1.165) is 43.7 Å². The molecule has 3 aliphatic carbocycles. The van der Waals surface area contributed by atoms with Gasteiger partial charge in [-0.3, -0.25) is 9.20 Å². The lowest BCUT2D eigenvalue weighted by molar-refractivity contribution is 0.794. The van der Waals surface area contributed by atoms with Crippen LogP contribution in [0.15, 0.2) is 138 Å². The molecule has 8 aromatic rings. The summed E-state index contributed by atoms with van der Waals surface area (Å²) in [5, 5.41) is 4.52. The number of fused-ring (bicyclic) bond motifs is 16. The predicted molar refractivity (Wildman–Crippen MR) is 187 cm³/mol. The second kappa shape index (κ2) is 8.26. The zero-order chi connectivity index (χ0) is 29.4. The van der Waals surface area contributed by atoms with Gasteiger partial charge in [0.15, 0.2) is 0 Å². The van der Waals surface area contributed by atoms with Crippen molar-refractivity contribution in [2.45, 2.75) is 17.8 Å². The van der Waals surface area contributed by atoms with Crippen molar-refractivity contribution in [2.75, 3.05) is 0 Å². The second-order valence-corrected chi connectivity index (χ2v) is 13.7. The lowest BCUT2D eigenvalue weighted by atomic mass is 9.70. The van der Waals surface area contributed by atoms with Crippen LogP contribution in [0, 0.1) is 0 Å². The average molecular weight is 592 g/mol. The third-order valence-electron chi connectivity index (χ3n) is 10.7. The van der Waals surface area contributed by atoms with Crippen LogP contribution in [0.25, 0.3) is 59.5 Å². The minimum Gasteiger partial charge on any atom is -0.274 e. The molecular weight excluding hydrogens is 567 g/mol. The molecule has 5 aromatic carbocycles. The first kappa shape index (κ1) is 24.1. The average Bonchev–Trinajstić information content (AvgIpc) is 3.84. The van der Waals surface area contributed by atoms with Crippen molar-refractivity contribution < 1.29 is 0 Å². The van der Waals surface area contributed by atoms with E-state index in [1.165, 1.54) is 49.4 Å². The Morgan fingerprint density at radius 2 is 1.27 bits per heavy atom. The van der Waals surface area contributed by atoms with E-state index >= 15 is 0 Å². The molecule has 3 heterocycles. The molecule has 0 radical (unpaired) electrons. The van der Waals surface area contributed by atoms with Crippen molar-refractivity contribution in [3.63, 3.8) is 0 Å². The number of aromatic nitrogens is 1. The minimum absolute atomic E-state index is 0.0920. The highest BCUT2D eigenvalue weighted by Crippen LogP contribution is 2.64. The van der Waals surface area contributed by atoms with Crippen molar-refractivity contribution >= 4 is 48.6 Å². The zero-order valence-corrected chi connectivity index (χ0v) is 25.1. The van der Waals surface area contributed by atoms with Crippen LogP contribution in [0.3, 0.4) is 0 Å². The number of hydrogen-bond donors (Lipinski definition) is 0. The summed E-state index contributed by atoms with van der Waals surface area (Å²) >= 11 is 1.67. The van der Waals surface area contributed by atoms with E-state index in [9.17, 15) is 4.79 Å². The quantitative estimate of drug-likeness (QED) is 0.186. The predicted octanol–water partition coefficient (Wildman–Crippen LogP) is 10.2. The summed E-state index contributed by atoms with van der Waals surface area (Å²) in [7, 11) is 0. The molecule has 1 atom stereocenters. The SMILES string of the molecule is O=c1c2sc(C3C=CC=CC3)cc2c2cccc3c4ccc5c(c4n1c23)-c1ccccc1C51c2ccccc2-c2ccccc21. The summed E-state index contributed by atoms with van der Waals surface area (Å²) in [6.45, 7) is 0. The van der Waals surface area contributed by atoms with Crippen molar-refractivity contribution in [1.82, 2.24) is 4.40 Å². The highest BCUT2D eigenvalue weighted by molar-refractivity contribution is 7.19. The number of allylic oxidation sites excluding steroid dienone is 4. The monoisotopic (exact) mass is 591 g/mol. The van der Waals surface area contributed by atoms with Crippen molar-refractivity contribution in [3.05, 3.63) is 171 Å². The molecule has 0 aliphatic heterocycles. The van der Waals surface area contributed by atoms with Crippen LogP contribution in [0.2, 0.25) is 0 Å². The number of thiophene rings is 1. The summed E-state index contributed by atoms with van der Waals surface area (Å²) in [5.74, 6) is 0.312. The third kappa shape index (κ3) is 2.72. The Morgan fingerprint density at radius 3 is 1.98 bits per heavy atom. The van der Waals surface area contributed by atoms with Crippen LogP contribution in [0.4, 0.5) is 0 Å². The Bertz CT molecular complexity index is 2670. The lowest BCUT2D eigenvalue weighted by Gasteiger charge is -2.30. The lowest BCUT2D eigenvalue weighted by Crippen LogP contribution is -2.25. The van der Waals surface area contributed by atoms with Gasteiger partial charge in [0.05, 0.1) is 16.4 Å². The van der Waals surface area contributed by atoms with Crippen LogP contribution in [-0.2, 0) is 5.41 Å². The molecule has 0 saturated carbocycles. The first-order valence-corrected chi connectivity index (χ1v) is 16.5. The number of pyridine rings is 1. The van der Waals surface area contributed by atoms with Gasteiger partial charge >= 0.3 is 0 Å². The number of para-hydroxylation sites is 1. The Hall–Kier alpha value is -5.25. The van der Waals surface area contributed by atoms with Gasteiger partial charge in [-0.2, -0.15) is 0 Å². The normalized spacial score (nSPS) is 17.1. The summed E-state index contributed by atoms with van der Waals surface area (Å²) in [6, 6.07) is 40.2. The smallest absolute Gasteiger partial charge is 0.273 e. The van der Waals surface area contributed by atoms with Gasteiger partial charge in [0, 0.05) is 37.9 Å². The Labute approximate surface area is 263 Å². The van der Waals surface area contributed by atoms with Gasteiger partial charge in [0.25, 0.3) is 5.56 Å². The summed E-state index contributed by atoms with van der Waals surface area (Å²) in [6.07, 6.45) is 9.69. The van der Waals surface area contributed by atoms with E-state index in [1.54, 1.807) is 11.3 Å². The standard InChI is InChI=1S/C42H25NOS/c44-41-40-31(23-36(45-40)24-11-2-1-3-12-24)28-17-10-16-27-29-21-22-35-37(39(29)43(41)38(27)28)30-15-6-9-20-34(30)42(35)32-18-7-4-13-25(32)26-14-5-8-19-33(26)42/h1-11,13-24H,12H2. The number of hydrogen-bond acceptors (Lipinski definition) is 2. The topological polar surface area (TPSA) is 21.5 Å². The highest BCUT2D eigenvalue weighted by Gasteiger charge is 2.52. The number of benzene rings is 5. The van der Waals surface area contributed by atoms with Crippen LogP contribution >= 0.6 is 11.3 Å². The molecule has 2 nitrogen and oxygen atoms in total. The van der Waals surface area contributed by atoms with Crippen molar-refractivity contribution in [2.24, 2.45) is 0 Å². The maximum Gasteiger partial charge on any atom is 0.273 e. The summed E-state index contributed by atoms with van der Waals surface area (Å²) < 4.78 is 2.92. The molecule has 0 fully saturated rings. The zero-order valence-electron chi connectivity index (χ0n) is 24.2. The molecule has 3 heteroatoms. The van der Waals surface area contributed by atoms with E-state index in [1.807, 2.05) is 0 Å². The molecule has 210 valence electrons. The van der Waals surface area contributed by atoms with E-state index < -0.39 is 5.41 Å². The van der Waals surface area contributed by atoms with Gasteiger partial charge in [-0.1, -0.05) is 127 Å². The van der Waals surface area contributed by atoms with Crippen molar-refractivity contribution in [3.8, 4) is 22.3 Å². The summed E-state index contributed by atoms with van der Waals surface area (Å²) in [4.78, 5) is 16.1. The molecule has 0 N–H and O–H groups in total. The number of nitrogens with zero attached hydrogens (tertiary/aromatic N) is 1. The van der Waals surface area contributed by atoms with Gasteiger partial charge in [-0.05, 0) is 51.4 Å². The fourth-order valence-electron chi connectivity index (χ4n) is 8.99. The molecule has 11 rings (SSSR count). The largest absolute Gasteiger partial charge is 0.274 e. The van der Waals surface area contributed by atoms with E-state index in [-0.39, 0.29) is 5.56 Å². The Kier molecular flexibility index (Phi) is 4.43. The fraction of sp³-hybridized carbons (Fsp3) is 0.0714. The highest BCUT2D eigenvalue weighted by atomic mass is 32.1. The van der Waals surface area contributed by atoms with Gasteiger partial charge < -0.3 is 0 Å². The molecule has 0 bridgehead atoms. The molecule has 1 spiro atoms. The first-order valence-electron chi connectivity index (χ1n) is 15.7. The van der Waals surface area contributed by atoms with Gasteiger partial charge in [0.1, 0.15) is 4.70 Å². The fourth-order valence-corrected chi connectivity index (χ4v) is 10.2. The van der Waals surface area contributed by atoms with E-state index in [2.05, 4.69) is 138 Å².